The first-order valence-corrected chi connectivity index (χ1v) is 7.68. The number of hydrogen-bond donors (Lipinski definition) is 1. The van der Waals surface area contributed by atoms with Crippen LogP contribution in [0.5, 0.6) is 5.75 Å². The van der Waals surface area contributed by atoms with Crippen molar-refractivity contribution in [1.82, 2.24) is 10.5 Å². The fourth-order valence-electron chi connectivity index (χ4n) is 2.25. The molecule has 6 heteroatoms. The van der Waals surface area contributed by atoms with E-state index in [1.807, 2.05) is 24.3 Å². The number of halogens is 1. The molecule has 2 aromatic carbocycles. The maximum Gasteiger partial charge on any atom is 0.273 e. The number of carbonyl (C=O) groups excluding carboxylic acids is 1. The smallest absolute Gasteiger partial charge is 0.273 e. The second-order valence-corrected chi connectivity index (χ2v) is 5.51. The lowest BCUT2D eigenvalue weighted by molar-refractivity contribution is 0.0941. The van der Waals surface area contributed by atoms with Crippen LogP contribution in [0.1, 0.15) is 16.1 Å². The van der Waals surface area contributed by atoms with Gasteiger partial charge in [0.15, 0.2) is 11.5 Å². The Labute approximate surface area is 144 Å². The first-order valence-electron chi connectivity index (χ1n) is 7.30. The van der Waals surface area contributed by atoms with Gasteiger partial charge in [-0.2, -0.15) is 0 Å². The van der Waals surface area contributed by atoms with Gasteiger partial charge in [0, 0.05) is 28.8 Å². The van der Waals surface area contributed by atoms with Crippen molar-refractivity contribution in [3.8, 4) is 17.1 Å². The van der Waals surface area contributed by atoms with Crippen LogP contribution in [-0.2, 0) is 6.54 Å². The van der Waals surface area contributed by atoms with Gasteiger partial charge in [-0.1, -0.05) is 35.0 Å². The molecule has 122 valence electrons. The molecule has 0 saturated heterocycles. The zero-order chi connectivity index (χ0) is 16.9. The molecule has 0 aliphatic heterocycles. The van der Waals surface area contributed by atoms with E-state index >= 15 is 0 Å². The number of ether oxygens (including phenoxy) is 1. The minimum Gasteiger partial charge on any atom is -0.496 e. The van der Waals surface area contributed by atoms with Gasteiger partial charge < -0.3 is 14.6 Å². The van der Waals surface area contributed by atoms with Crippen molar-refractivity contribution in [2.24, 2.45) is 0 Å². The van der Waals surface area contributed by atoms with Crippen molar-refractivity contribution >= 4 is 17.5 Å². The third kappa shape index (κ3) is 3.58. The highest BCUT2D eigenvalue weighted by molar-refractivity contribution is 6.30. The molecule has 24 heavy (non-hydrogen) atoms. The average Bonchev–Trinajstić information content (AvgIpc) is 3.10. The number of nitrogens with zero attached hydrogens (tertiary/aromatic N) is 1. The topological polar surface area (TPSA) is 64.4 Å². The normalized spacial score (nSPS) is 10.4. The summed E-state index contributed by atoms with van der Waals surface area (Å²) >= 11 is 5.86. The van der Waals surface area contributed by atoms with Crippen LogP contribution in [0.15, 0.2) is 59.1 Å². The molecule has 0 fully saturated rings. The average molecular weight is 343 g/mol. The van der Waals surface area contributed by atoms with E-state index in [4.69, 9.17) is 20.9 Å². The molecule has 3 rings (SSSR count). The molecule has 0 unspecified atom stereocenters. The predicted octanol–water partition coefficient (Wildman–Crippen LogP) is 3.93. The molecule has 1 amide bonds. The van der Waals surface area contributed by atoms with Crippen LogP contribution in [0.25, 0.3) is 11.3 Å². The van der Waals surface area contributed by atoms with Gasteiger partial charge in [0.1, 0.15) is 5.75 Å². The molecule has 1 heterocycles. The van der Waals surface area contributed by atoms with Crippen LogP contribution in [-0.4, -0.2) is 18.2 Å². The number of carbonyl (C=O) groups is 1. The maximum atomic E-state index is 12.2. The molecule has 0 bridgehead atoms. The summed E-state index contributed by atoms with van der Waals surface area (Å²) in [6.07, 6.45) is 0. The summed E-state index contributed by atoms with van der Waals surface area (Å²) in [4.78, 5) is 12.2. The van der Waals surface area contributed by atoms with Crippen molar-refractivity contribution in [3.63, 3.8) is 0 Å². The summed E-state index contributed by atoms with van der Waals surface area (Å²) in [5, 5.41) is 7.25. The number of para-hydroxylation sites is 1. The molecule has 1 N–H and O–H groups in total. The molecule has 0 radical (unpaired) electrons. The molecule has 0 atom stereocenters. The number of rotatable bonds is 5. The SMILES string of the molecule is COc1ccccc1CNC(=O)c1cc(-c2ccc(Cl)cc2)on1. The Hall–Kier alpha value is -2.79. The van der Waals surface area contributed by atoms with Crippen molar-refractivity contribution in [2.75, 3.05) is 7.11 Å². The van der Waals surface area contributed by atoms with Gasteiger partial charge in [-0.05, 0) is 30.3 Å². The lowest BCUT2D eigenvalue weighted by atomic mass is 10.1. The summed E-state index contributed by atoms with van der Waals surface area (Å²) in [5.74, 6) is 0.916. The second-order valence-electron chi connectivity index (χ2n) is 5.08. The lowest BCUT2D eigenvalue weighted by Gasteiger charge is -2.08. The van der Waals surface area contributed by atoms with Crippen LogP contribution in [0.4, 0.5) is 0 Å². The van der Waals surface area contributed by atoms with Crippen LogP contribution in [0.2, 0.25) is 5.02 Å². The van der Waals surface area contributed by atoms with Gasteiger partial charge in [-0.3, -0.25) is 4.79 Å². The van der Waals surface area contributed by atoms with E-state index in [2.05, 4.69) is 10.5 Å². The molecular formula is C18H15ClN2O3. The third-order valence-corrected chi connectivity index (χ3v) is 3.76. The molecule has 0 aliphatic rings. The Morgan fingerprint density at radius 2 is 1.96 bits per heavy atom. The predicted molar refractivity (Wildman–Crippen MR) is 91.1 cm³/mol. The third-order valence-electron chi connectivity index (χ3n) is 3.50. The van der Waals surface area contributed by atoms with Crippen molar-refractivity contribution in [2.45, 2.75) is 6.54 Å². The molecule has 0 saturated carbocycles. The molecule has 3 aromatic rings. The van der Waals surface area contributed by atoms with Crippen molar-refractivity contribution in [3.05, 3.63) is 70.9 Å². The summed E-state index contributed by atoms with van der Waals surface area (Å²) in [5.41, 5.74) is 1.90. The Kier molecular flexibility index (Phi) is 4.82. The van der Waals surface area contributed by atoms with E-state index in [1.54, 1.807) is 37.4 Å². The fraction of sp³-hybridized carbons (Fsp3) is 0.111. The molecule has 5 nitrogen and oxygen atoms in total. The number of amides is 1. The first kappa shape index (κ1) is 16.1. The highest BCUT2D eigenvalue weighted by Gasteiger charge is 2.14. The minimum atomic E-state index is -0.315. The van der Waals surface area contributed by atoms with Gasteiger partial charge in [-0.15, -0.1) is 0 Å². The summed E-state index contributed by atoms with van der Waals surface area (Å²) in [7, 11) is 1.59. The Morgan fingerprint density at radius 3 is 2.71 bits per heavy atom. The van der Waals surface area contributed by atoms with Crippen LogP contribution in [0, 0.1) is 0 Å². The monoisotopic (exact) mass is 342 g/mol. The van der Waals surface area contributed by atoms with Gasteiger partial charge in [0.05, 0.1) is 7.11 Å². The van der Waals surface area contributed by atoms with Gasteiger partial charge in [0.25, 0.3) is 5.91 Å². The van der Waals surface area contributed by atoms with E-state index in [-0.39, 0.29) is 11.6 Å². The van der Waals surface area contributed by atoms with Gasteiger partial charge in [-0.25, -0.2) is 0 Å². The first-order chi connectivity index (χ1) is 11.7. The number of hydrogen-bond acceptors (Lipinski definition) is 4. The van der Waals surface area contributed by atoms with E-state index in [0.29, 0.717) is 17.3 Å². The largest absolute Gasteiger partial charge is 0.496 e. The molecular weight excluding hydrogens is 328 g/mol. The number of nitrogens with one attached hydrogen (secondary N) is 1. The van der Waals surface area contributed by atoms with E-state index in [0.717, 1.165) is 16.9 Å². The highest BCUT2D eigenvalue weighted by Crippen LogP contribution is 2.22. The highest BCUT2D eigenvalue weighted by atomic mass is 35.5. The number of methoxy groups -OCH3 is 1. The number of benzene rings is 2. The maximum absolute atomic E-state index is 12.2. The molecule has 1 aromatic heterocycles. The standard InChI is InChI=1S/C18H15ClN2O3/c1-23-16-5-3-2-4-13(16)11-20-18(22)15-10-17(24-21-15)12-6-8-14(19)9-7-12/h2-10H,11H2,1H3,(H,20,22). The van der Waals surface area contributed by atoms with Crippen LogP contribution >= 0.6 is 11.6 Å². The molecule has 0 spiro atoms. The van der Waals surface area contributed by atoms with Crippen LogP contribution < -0.4 is 10.1 Å². The van der Waals surface area contributed by atoms with Gasteiger partial charge in [0.2, 0.25) is 0 Å². The minimum absolute atomic E-state index is 0.217. The van der Waals surface area contributed by atoms with Crippen molar-refractivity contribution in [1.29, 1.82) is 0 Å². The Morgan fingerprint density at radius 1 is 1.21 bits per heavy atom. The quantitative estimate of drug-likeness (QED) is 0.763. The zero-order valence-corrected chi connectivity index (χ0v) is 13.7. The summed E-state index contributed by atoms with van der Waals surface area (Å²) < 4.78 is 10.5. The fourth-order valence-corrected chi connectivity index (χ4v) is 2.37. The van der Waals surface area contributed by atoms with Crippen molar-refractivity contribution < 1.29 is 14.1 Å². The number of aromatic nitrogens is 1. The zero-order valence-electron chi connectivity index (χ0n) is 13.0. The Bertz CT molecular complexity index is 843. The van der Waals surface area contributed by atoms with E-state index < -0.39 is 0 Å². The van der Waals surface area contributed by atoms with Crippen LogP contribution in [0.3, 0.4) is 0 Å². The summed E-state index contributed by atoms with van der Waals surface area (Å²) in [6, 6.07) is 16.2. The summed E-state index contributed by atoms with van der Waals surface area (Å²) in [6.45, 7) is 0.339. The van der Waals surface area contributed by atoms with Gasteiger partial charge >= 0.3 is 0 Å². The lowest BCUT2D eigenvalue weighted by Crippen LogP contribution is -2.23. The Balaban J connectivity index is 1.69. The van der Waals surface area contributed by atoms with E-state index in [1.165, 1.54) is 0 Å². The molecule has 0 aliphatic carbocycles. The second kappa shape index (κ2) is 7.19. The van der Waals surface area contributed by atoms with E-state index in [9.17, 15) is 4.79 Å².